The number of hydrogen-bond donors (Lipinski definition) is 0. The van der Waals surface area contributed by atoms with Gasteiger partial charge in [0.1, 0.15) is 5.78 Å². The van der Waals surface area contributed by atoms with Crippen molar-refractivity contribution in [3.05, 3.63) is 11.6 Å². The van der Waals surface area contributed by atoms with E-state index < -0.39 is 0 Å². The fourth-order valence-electron chi connectivity index (χ4n) is 7.89. The molecule has 2 nitrogen and oxygen atoms in total. The lowest BCUT2D eigenvalue weighted by molar-refractivity contribution is -0.141. The van der Waals surface area contributed by atoms with E-state index in [1.807, 2.05) is 13.0 Å². The molecule has 7 atom stereocenters. The van der Waals surface area contributed by atoms with Gasteiger partial charge in [0.2, 0.25) is 0 Å². The fourth-order valence-corrected chi connectivity index (χ4v) is 7.89. The van der Waals surface area contributed by atoms with Gasteiger partial charge in [-0.15, -0.1) is 0 Å². The van der Waals surface area contributed by atoms with Gasteiger partial charge in [-0.2, -0.15) is 0 Å². The van der Waals surface area contributed by atoms with Crippen LogP contribution in [0.25, 0.3) is 0 Å². The van der Waals surface area contributed by atoms with Crippen molar-refractivity contribution in [3.8, 4) is 0 Å². The maximum absolute atomic E-state index is 12.7. The van der Waals surface area contributed by atoms with E-state index in [1.54, 1.807) is 0 Å². The zero-order chi connectivity index (χ0) is 18.2. The van der Waals surface area contributed by atoms with Crippen molar-refractivity contribution in [2.75, 3.05) is 0 Å². The number of carbonyl (C=O) groups excluding carboxylic acids is 2. The third kappa shape index (κ3) is 2.03. The molecule has 0 spiro atoms. The van der Waals surface area contributed by atoms with Gasteiger partial charge < -0.3 is 0 Å². The molecule has 0 heterocycles. The van der Waals surface area contributed by atoms with E-state index in [0.717, 1.165) is 25.2 Å². The largest absolute Gasteiger partial charge is 0.299 e. The molecule has 0 aliphatic heterocycles. The molecule has 0 radical (unpaired) electrons. The molecule has 0 saturated heterocycles. The SMILES string of the molecule is CC(=O)[C@@]1(C)[C@H](C)CC2[C@@H]3CCC4=CC(=O)CC[C@]4(C)C3CC[C@@]21C. The van der Waals surface area contributed by atoms with E-state index in [-0.39, 0.29) is 16.2 Å². The minimum absolute atomic E-state index is 0.154. The molecule has 25 heavy (non-hydrogen) atoms. The van der Waals surface area contributed by atoms with Crippen molar-refractivity contribution in [1.82, 2.24) is 0 Å². The molecule has 4 rings (SSSR count). The molecule has 0 aromatic carbocycles. The van der Waals surface area contributed by atoms with Crippen LogP contribution in [0.5, 0.6) is 0 Å². The Kier molecular flexibility index (Phi) is 3.71. The Labute approximate surface area is 152 Å². The summed E-state index contributed by atoms with van der Waals surface area (Å²) < 4.78 is 0. The minimum Gasteiger partial charge on any atom is -0.299 e. The topological polar surface area (TPSA) is 34.1 Å². The van der Waals surface area contributed by atoms with Crippen LogP contribution in [0, 0.1) is 39.9 Å². The Morgan fingerprint density at radius 1 is 1.08 bits per heavy atom. The zero-order valence-corrected chi connectivity index (χ0v) is 16.7. The van der Waals surface area contributed by atoms with Crippen LogP contribution >= 0.6 is 0 Å². The van der Waals surface area contributed by atoms with Crippen molar-refractivity contribution in [3.63, 3.8) is 0 Å². The Morgan fingerprint density at radius 2 is 1.80 bits per heavy atom. The molecule has 0 aromatic rings. The lowest BCUT2D eigenvalue weighted by Crippen LogP contribution is -2.53. The molecule has 2 heteroatoms. The predicted octanol–water partition coefficient (Wildman–Crippen LogP) is 5.36. The summed E-state index contributed by atoms with van der Waals surface area (Å²) in [6.07, 6.45) is 9.70. The second-order valence-electron chi connectivity index (χ2n) is 10.3. The summed E-state index contributed by atoms with van der Waals surface area (Å²) in [5.74, 6) is 3.33. The first-order chi connectivity index (χ1) is 11.6. The minimum atomic E-state index is -0.164. The van der Waals surface area contributed by atoms with Gasteiger partial charge in [-0.1, -0.05) is 33.3 Å². The molecule has 0 N–H and O–H groups in total. The monoisotopic (exact) mass is 342 g/mol. The van der Waals surface area contributed by atoms with Gasteiger partial charge >= 0.3 is 0 Å². The first-order valence-electron chi connectivity index (χ1n) is 10.4. The summed E-state index contributed by atoms with van der Waals surface area (Å²) in [6.45, 7) is 11.3. The maximum atomic E-state index is 12.7. The normalized spacial score (nSPS) is 52.0. The standard InChI is InChI=1S/C23H34O2/c1-14-12-20-18-7-6-16-13-17(25)8-10-21(16,3)19(18)9-11-22(20,4)23(14,5)15(2)24/h13-14,18-20H,6-12H2,1-5H3/t14-,18-,19?,20?,21+,22+,23-/m1/s1. The third-order valence-electron chi connectivity index (χ3n) is 9.86. The van der Waals surface area contributed by atoms with Crippen LogP contribution in [-0.4, -0.2) is 11.6 Å². The van der Waals surface area contributed by atoms with Crippen LogP contribution in [0.4, 0.5) is 0 Å². The zero-order valence-electron chi connectivity index (χ0n) is 16.7. The summed E-state index contributed by atoms with van der Waals surface area (Å²) in [4.78, 5) is 24.6. The van der Waals surface area contributed by atoms with E-state index >= 15 is 0 Å². The molecule has 0 aromatic heterocycles. The summed E-state index contributed by atoms with van der Waals surface area (Å²) in [7, 11) is 0. The molecule has 4 aliphatic rings. The summed E-state index contributed by atoms with van der Waals surface area (Å²) in [5, 5.41) is 0. The third-order valence-corrected chi connectivity index (χ3v) is 9.86. The Balaban J connectivity index is 1.72. The van der Waals surface area contributed by atoms with Crippen molar-refractivity contribution < 1.29 is 9.59 Å². The van der Waals surface area contributed by atoms with Crippen LogP contribution in [0.3, 0.4) is 0 Å². The molecule has 2 unspecified atom stereocenters. The van der Waals surface area contributed by atoms with Crippen molar-refractivity contribution in [1.29, 1.82) is 0 Å². The van der Waals surface area contributed by atoms with E-state index in [2.05, 4.69) is 27.7 Å². The Bertz CT molecular complexity index is 661. The van der Waals surface area contributed by atoms with Crippen molar-refractivity contribution in [2.45, 2.75) is 79.6 Å². The first kappa shape index (κ1) is 17.5. The van der Waals surface area contributed by atoms with Gasteiger partial charge in [0, 0.05) is 11.8 Å². The van der Waals surface area contributed by atoms with Crippen LogP contribution < -0.4 is 0 Å². The molecular weight excluding hydrogens is 308 g/mol. The molecule has 3 fully saturated rings. The average molecular weight is 343 g/mol. The molecule has 3 saturated carbocycles. The quantitative estimate of drug-likeness (QED) is 0.643. The lowest BCUT2D eigenvalue weighted by atomic mass is 9.45. The molecule has 4 aliphatic carbocycles. The number of carbonyl (C=O) groups is 2. The van der Waals surface area contributed by atoms with Gasteiger partial charge in [-0.25, -0.2) is 0 Å². The van der Waals surface area contributed by atoms with Gasteiger partial charge in [-0.3, -0.25) is 9.59 Å². The smallest absolute Gasteiger partial charge is 0.155 e. The number of Topliss-reactive ketones (excluding diaryl/α,β-unsaturated/α-hetero) is 1. The molecule has 0 amide bonds. The Morgan fingerprint density at radius 3 is 2.48 bits per heavy atom. The fraction of sp³-hybridized carbons (Fsp3) is 0.826. The average Bonchev–Trinajstić information content (AvgIpc) is 2.77. The molecule has 138 valence electrons. The number of fused-ring (bicyclic) bond motifs is 5. The maximum Gasteiger partial charge on any atom is 0.155 e. The van der Waals surface area contributed by atoms with E-state index in [0.29, 0.717) is 29.3 Å². The molecular formula is C23H34O2. The van der Waals surface area contributed by atoms with Gasteiger partial charge in [0.25, 0.3) is 0 Å². The van der Waals surface area contributed by atoms with Crippen LogP contribution in [-0.2, 0) is 9.59 Å². The van der Waals surface area contributed by atoms with Crippen molar-refractivity contribution in [2.24, 2.45) is 39.9 Å². The summed E-state index contributed by atoms with van der Waals surface area (Å²) in [6, 6.07) is 0. The second-order valence-corrected chi connectivity index (χ2v) is 10.3. The summed E-state index contributed by atoms with van der Waals surface area (Å²) >= 11 is 0. The Hall–Kier alpha value is -0.920. The number of hydrogen-bond acceptors (Lipinski definition) is 2. The van der Waals surface area contributed by atoms with Gasteiger partial charge in [0.15, 0.2) is 5.78 Å². The van der Waals surface area contributed by atoms with E-state index in [9.17, 15) is 9.59 Å². The van der Waals surface area contributed by atoms with Crippen molar-refractivity contribution >= 4 is 11.6 Å². The van der Waals surface area contributed by atoms with E-state index in [1.165, 1.54) is 31.3 Å². The summed E-state index contributed by atoms with van der Waals surface area (Å²) in [5.41, 5.74) is 1.66. The second kappa shape index (κ2) is 5.30. The highest BCUT2D eigenvalue weighted by Gasteiger charge is 2.66. The predicted molar refractivity (Wildman–Crippen MR) is 100 cm³/mol. The first-order valence-corrected chi connectivity index (χ1v) is 10.4. The van der Waals surface area contributed by atoms with Crippen LogP contribution in [0.15, 0.2) is 11.6 Å². The number of allylic oxidation sites excluding steroid dienone is 1. The van der Waals surface area contributed by atoms with E-state index in [4.69, 9.17) is 0 Å². The highest BCUT2D eigenvalue weighted by molar-refractivity contribution is 5.91. The van der Waals surface area contributed by atoms with Crippen LogP contribution in [0.2, 0.25) is 0 Å². The highest BCUT2D eigenvalue weighted by atomic mass is 16.1. The van der Waals surface area contributed by atoms with Crippen LogP contribution in [0.1, 0.15) is 79.6 Å². The number of rotatable bonds is 1. The lowest BCUT2D eigenvalue weighted by Gasteiger charge is -2.59. The number of ketones is 2. The van der Waals surface area contributed by atoms with Gasteiger partial charge in [0.05, 0.1) is 0 Å². The highest BCUT2D eigenvalue weighted by Crippen LogP contribution is 2.71. The molecule has 0 bridgehead atoms. The van der Waals surface area contributed by atoms with Gasteiger partial charge in [-0.05, 0) is 86.0 Å².